The first-order valence-electron chi connectivity index (χ1n) is 5.77. The first-order chi connectivity index (χ1) is 10.2. The Hall–Kier alpha value is -3.50. The van der Waals surface area contributed by atoms with E-state index in [2.05, 4.69) is 0 Å². The summed E-state index contributed by atoms with van der Waals surface area (Å²) >= 11 is 0. The maximum Gasteiger partial charge on any atom is 0.336 e. The van der Waals surface area contributed by atoms with Crippen molar-refractivity contribution >= 4 is 34.6 Å². The summed E-state index contributed by atoms with van der Waals surface area (Å²) in [5, 5.41) is 36.0. The van der Waals surface area contributed by atoms with E-state index in [4.69, 9.17) is 20.4 Å². The number of carboxylic acid groups (broad SMARTS) is 4. The summed E-state index contributed by atoms with van der Waals surface area (Å²) in [6, 6.07) is 3.70. The second-order valence-corrected chi connectivity index (χ2v) is 4.36. The molecule has 0 aliphatic heterocycles. The molecule has 8 N–H and O–H groups in total. The van der Waals surface area contributed by atoms with E-state index in [0.29, 0.717) is 0 Å². The average molecular weight is 340 g/mol. The lowest BCUT2D eigenvalue weighted by atomic mass is 9.94. The molecular formula is C14H12O10. The molecule has 0 saturated carbocycles. The van der Waals surface area contributed by atoms with Crippen LogP contribution in [0.5, 0.6) is 0 Å². The zero-order valence-electron chi connectivity index (χ0n) is 11.7. The van der Waals surface area contributed by atoms with Gasteiger partial charge in [-0.05, 0) is 35.0 Å². The third kappa shape index (κ3) is 3.45. The smallest absolute Gasteiger partial charge is 0.336 e. The van der Waals surface area contributed by atoms with Crippen LogP contribution in [0.25, 0.3) is 10.8 Å². The van der Waals surface area contributed by atoms with Crippen molar-refractivity contribution in [3.8, 4) is 0 Å². The monoisotopic (exact) mass is 340 g/mol. The Balaban J connectivity index is 0.00000264. The maximum atomic E-state index is 11.3. The Morgan fingerprint density at radius 3 is 1.04 bits per heavy atom. The summed E-state index contributed by atoms with van der Waals surface area (Å²) in [5.41, 5.74) is -1.79. The largest absolute Gasteiger partial charge is 0.478 e. The van der Waals surface area contributed by atoms with Gasteiger partial charge in [0.25, 0.3) is 0 Å². The van der Waals surface area contributed by atoms with Crippen LogP contribution in [0.15, 0.2) is 24.3 Å². The van der Waals surface area contributed by atoms with Crippen molar-refractivity contribution in [3.63, 3.8) is 0 Å². The van der Waals surface area contributed by atoms with Gasteiger partial charge in [0.05, 0.1) is 22.3 Å². The van der Waals surface area contributed by atoms with Crippen LogP contribution in [0, 0.1) is 0 Å². The van der Waals surface area contributed by atoms with E-state index in [9.17, 15) is 19.2 Å². The van der Waals surface area contributed by atoms with E-state index in [-0.39, 0.29) is 21.7 Å². The van der Waals surface area contributed by atoms with Crippen LogP contribution in [0.2, 0.25) is 0 Å². The Morgan fingerprint density at radius 2 is 0.833 bits per heavy atom. The Morgan fingerprint density at radius 1 is 0.542 bits per heavy atom. The molecule has 0 heterocycles. The number of benzene rings is 2. The number of aromatic carboxylic acids is 4. The molecule has 24 heavy (non-hydrogen) atoms. The molecular weight excluding hydrogens is 328 g/mol. The Labute approximate surface area is 132 Å². The van der Waals surface area contributed by atoms with Crippen LogP contribution in [0.3, 0.4) is 0 Å². The highest BCUT2D eigenvalue weighted by atomic mass is 16.4. The molecule has 2 aromatic rings. The van der Waals surface area contributed by atoms with Crippen LogP contribution >= 0.6 is 0 Å². The topological polar surface area (TPSA) is 212 Å². The third-order valence-corrected chi connectivity index (χ3v) is 3.02. The highest BCUT2D eigenvalue weighted by molar-refractivity contribution is 6.14. The molecule has 0 unspecified atom stereocenters. The highest BCUT2D eigenvalue weighted by Gasteiger charge is 2.20. The molecule has 0 aromatic heterocycles. The van der Waals surface area contributed by atoms with Crippen LogP contribution in [-0.2, 0) is 0 Å². The first-order valence-corrected chi connectivity index (χ1v) is 5.77. The predicted octanol–water partition coefficient (Wildman–Crippen LogP) is -0.0168. The van der Waals surface area contributed by atoms with E-state index in [1.165, 1.54) is 0 Å². The fourth-order valence-electron chi connectivity index (χ4n) is 2.06. The number of fused-ring (bicyclic) bond motifs is 1. The van der Waals surface area contributed by atoms with Crippen molar-refractivity contribution in [3.05, 3.63) is 46.5 Å². The van der Waals surface area contributed by atoms with Crippen LogP contribution in [0.4, 0.5) is 0 Å². The molecule has 0 aliphatic rings. The van der Waals surface area contributed by atoms with E-state index in [0.717, 1.165) is 24.3 Å². The van der Waals surface area contributed by atoms with Crippen LogP contribution in [-0.4, -0.2) is 55.3 Å². The van der Waals surface area contributed by atoms with E-state index >= 15 is 0 Å². The first kappa shape index (κ1) is 20.5. The number of rotatable bonds is 4. The van der Waals surface area contributed by atoms with Crippen molar-refractivity contribution in [2.45, 2.75) is 0 Å². The summed E-state index contributed by atoms with van der Waals surface area (Å²) < 4.78 is 0. The maximum absolute atomic E-state index is 11.3. The molecule has 0 fully saturated rings. The van der Waals surface area contributed by atoms with E-state index in [1.807, 2.05) is 0 Å². The molecule has 2 aromatic carbocycles. The normalized spacial score (nSPS) is 9.50. The molecule has 0 amide bonds. The number of hydrogen-bond donors (Lipinski definition) is 4. The van der Waals surface area contributed by atoms with Crippen molar-refractivity contribution in [1.82, 2.24) is 0 Å². The van der Waals surface area contributed by atoms with Gasteiger partial charge in [-0.15, -0.1) is 0 Å². The van der Waals surface area contributed by atoms with Crippen molar-refractivity contribution < 1.29 is 50.6 Å². The minimum absolute atomic E-state index is 0. The minimum Gasteiger partial charge on any atom is -0.478 e. The van der Waals surface area contributed by atoms with Gasteiger partial charge in [0.1, 0.15) is 0 Å². The quantitative estimate of drug-likeness (QED) is 0.592. The summed E-state index contributed by atoms with van der Waals surface area (Å²) in [7, 11) is 0. The van der Waals surface area contributed by atoms with Crippen molar-refractivity contribution in [2.24, 2.45) is 0 Å². The molecule has 2 rings (SSSR count). The van der Waals surface area contributed by atoms with Gasteiger partial charge in [-0.25, -0.2) is 19.2 Å². The lowest BCUT2D eigenvalue weighted by Gasteiger charge is -2.09. The summed E-state index contributed by atoms with van der Waals surface area (Å²) in [4.78, 5) is 44.6. The van der Waals surface area contributed by atoms with Gasteiger partial charge in [-0.2, -0.15) is 0 Å². The minimum atomic E-state index is -1.49. The van der Waals surface area contributed by atoms with Gasteiger partial charge < -0.3 is 31.4 Å². The Bertz CT molecular complexity index is 781. The van der Waals surface area contributed by atoms with Crippen molar-refractivity contribution in [1.29, 1.82) is 0 Å². The molecule has 0 bridgehead atoms. The van der Waals surface area contributed by atoms with Gasteiger partial charge in [-0.3, -0.25) is 0 Å². The van der Waals surface area contributed by atoms with Gasteiger partial charge in [0, 0.05) is 0 Å². The lowest BCUT2D eigenvalue weighted by Crippen LogP contribution is -2.08. The zero-order valence-corrected chi connectivity index (χ0v) is 11.7. The number of carboxylic acids is 4. The molecule has 0 spiro atoms. The summed E-state index contributed by atoms with van der Waals surface area (Å²) in [5.74, 6) is -5.84. The van der Waals surface area contributed by atoms with E-state index < -0.39 is 46.1 Å². The fraction of sp³-hybridized carbons (Fsp3) is 0. The number of hydrogen-bond acceptors (Lipinski definition) is 4. The molecule has 10 heteroatoms. The molecule has 0 atom stereocenters. The third-order valence-electron chi connectivity index (χ3n) is 3.02. The van der Waals surface area contributed by atoms with Gasteiger partial charge in [0.15, 0.2) is 0 Å². The molecule has 0 aliphatic carbocycles. The fourth-order valence-corrected chi connectivity index (χ4v) is 2.06. The van der Waals surface area contributed by atoms with Gasteiger partial charge >= 0.3 is 23.9 Å². The van der Waals surface area contributed by atoms with Gasteiger partial charge in [0.2, 0.25) is 0 Å². The number of carbonyl (C=O) groups is 4. The zero-order chi connectivity index (χ0) is 16.6. The summed E-state index contributed by atoms with van der Waals surface area (Å²) in [6.45, 7) is 0. The van der Waals surface area contributed by atoms with Crippen LogP contribution < -0.4 is 0 Å². The SMILES string of the molecule is O.O.O=C(O)c1cc(C(=O)O)c2cc(C(=O)O)cc(C(=O)O)c2c1. The highest BCUT2D eigenvalue weighted by Crippen LogP contribution is 2.27. The second kappa shape index (κ2) is 7.17. The van der Waals surface area contributed by atoms with Crippen molar-refractivity contribution in [2.75, 3.05) is 0 Å². The van der Waals surface area contributed by atoms with Gasteiger partial charge in [-0.1, -0.05) is 0 Å². The van der Waals surface area contributed by atoms with E-state index in [1.54, 1.807) is 0 Å². The summed E-state index contributed by atoms with van der Waals surface area (Å²) in [6.07, 6.45) is 0. The predicted molar refractivity (Wildman–Crippen MR) is 79.0 cm³/mol. The molecule has 0 saturated heterocycles. The lowest BCUT2D eigenvalue weighted by molar-refractivity contribution is 0.0674. The molecule has 10 nitrogen and oxygen atoms in total. The average Bonchev–Trinajstić information content (AvgIpc) is 2.44. The standard InChI is InChI=1S/C14H8O8.2H2O/c15-11(16)5-1-7-8(10(3-5)14(21)22)2-6(12(17)18)4-9(7)13(19)20;;/h1-4H,(H,15,16)(H,17,18)(H,19,20)(H,21,22);2*1H2. The molecule has 128 valence electrons. The Kier molecular flexibility index (Phi) is 6.13. The molecule has 0 radical (unpaired) electrons. The van der Waals surface area contributed by atoms with Crippen LogP contribution in [0.1, 0.15) is 41.4 Å². The second-order valence-electron chi connectivity index (χ2n) is 4.36.